The van der Waals surface area contributed by atoms with Gasteiger partial charge in [0.2, 0.25) is 0 Å². The highest BCUT2D eigenvalue weighted by atomic mass is 16.5. The minimum absolute atomic E-state index is 0.537. The van der Waals surface area contributed by atoms with Gasteiger partial charge >= 0.3 is 0 Å². The van der Waals surface area contributed by atoms with Gasteiger partial charge < -0.3 is 29.4 Å². The Morgan fingerprint density at radius 2 is 2.23 bits per heavy atom. The molecule has 7 heteroatoms. The van der Waals surface area contributed by atoms with Gasteiger partial charge in [0.15, 0.2) is 5.96 Å². The summed E-state index contributed by atoms with van der Waals surface area (Å²) in [5.74, 6) is 2.39. The number of hydrogen-bond donors (Lipinski definition) is 2. The Morgan fingerprint density at radius 3 is 2.96 bits per heavy atom. The van der Waals surface area contributed by atoms with Crippen molar-refractivity contribution in [1.29, 1.82) is 0 Å². The molecular weight excluding hydrogens is 332 g/mol. The number of ether oxygens (including phenoxy) is 2. The topological polar surface area (TPSA) is 71.3 Å². The Balaban J connectivity index is 1.71. The lowest BCUT2D eigenvalue weighted by atomic mass is 10.1. The highest BCUT2D eigenvalue weighted by Crippen LogP contribution is 2.12. The maximum atomic E-state index is 5.44. The fourth-order valence-corrected chi connectivity index (χ4v) is 2.84. The van der Waals surface area contributed by atoms with Crippen molar-refractivity contribution in [3.8, 4) is 0 Å². The van der Waals surface area contributed by atoms with Gasteiger partial charge in [-0.15, -0.1) is 0 Å². The van der Waals surface area contributed by atoms with Gasteiger partial charge in [0, 0.05) is 65.4 Å². The number of furan rings is 1. The van der Waals surface area contributed by atoms with Crippen LogP contribution in [0.15, 0.2) is 27.8 Å². The molecule has 2 rings (SSSR count). The van der Waals surface area contributed by atoms with Crippen LogP contribution in [0.5, 0.6) is 0 Å². The average Bonchev–Trinajstić information content (AvgIpc) is 3.33. The molecule has 0 bridgehead atoms. The second kappa shape index (κ2) is 12.7. The first kappa shape index (κ1) is 20.7. The largest absolute Gasteiger partial charge is 0.469 e. The van der Waals surface area contributed by atoms with Gasteiger partial charge in [0.05, 0.1) is 12.9 Å². The van der Waals surface area contributed by atoms with E-state index in [-0.39, 0.29) is 0 Å². The molecule has 1 aromatic heterocycles. The van der Waals surface area contributed by atoms with Crippen molar-refractivity contribution < 1.29 is 13.9 Å². The maximum absolute atomic E-state index is 5.44. The van der Waals surface area contributed by atoms with Gasteiger partial charge in [-0.05, 0) is 32.0 Å². The zero-order valence-corrected chi connectivity index (χ0v) is 16.2. The molecule has 1 fully saturated rings. The predicted molar refractivity (Wildman–Crippen MR) is 104 cm³/mol. The molecule has 1 aliphatic heterocycles. The van der Waals surface area contributed by atoms with E-state index in [1.165, 1.54) is 0 Å². The Labute approximate surface area is 157 Å². The van der Waals surface area contributed by atoms with Crippen molar-refractivity contribution in [1.82, 2.24) is 15.5 Å². The lowest BCUT2D eigenvalue weighted by Gasteiger charge is -2.18. The molecule has 0 radical (unpaired) electrons. The molecule has 1 atom stereocenters. The van der Waals surface area contributed by atoms with Crippen molar-refractivity contribution >= 4 is 5.96 Å². The number of hydrogen-bond acceptors (Lipinski definition) is 5. The molecule has 26 heavy (non-hydrogen) atoms. The second-order valence-electron chi connectivity index (χ2n) is 6.75. The first-order chi connectivity index (χ1) is 12.8. The van der Waals surface area contributed by atoms with Gasteiger partial charge in [-0.2, -0.15) is 0 Å². The molecule has 0 saturated carbocycles. The Hall–Kier alpha value is -1.57. The van der Waals surface area contributed by atoms with E-state index in [0.717, 1.165) is 83.5 Å². The zero-order valence-electron chi connectivity index (χ0n) is 16.2. The van der Waals surface area contributed by atoms with E-state index in [0.29, 0.717) is 5.92 Å². The molecule has 2 N–H and O–H groups in total. The van der Waals surface area contributed by atoms with Crippen LogP contribution in [0.25, 0.3) is 0 Å². The molecule has 1 aromatic rings. The summed E-state index contributed by atoms with van der Waals surface area (Å²) in [6.45, 7) is 6.96. The summed E-state index contributed by atoms with van der Waals surface area (Å²) in [4.78, 5) is 7.05. The van der Waals surface area contributed by atoms with Gasteiger partial charge in [-0.1, -0.05) is 0 Å². The van der Waals surface area contributed by atoms with Crippen LogP contribution < -0.4 is 10.6 Å². The van der Waals surface area contributed by atoms with Crippen molar-refractivity contribution in [2.75, 3.05) is 66.7 Å². The predicted octanol–water partition coefficient (Wildman–Crippen LogP) is 1.36. The molecule has 1 unspecified atom stereocenters. The minimum Gasteiger partial charge on any atom is -0.469 e. The van der Waals surface area contributed by atoms with Gasteiger partial charge in [-0.3, -0.25) is 4.99 Å². The number of nitrogens with one attached hydrogen (secondary N) is 2. The summed E-state index contributed by atoms with van der Waals surface area (Å²) < 4.78 is 15.9. The molecule has 0 aliphatic carbocycles. The van der Waals surface area contributed by atoms with Crippen molar-refractivity contribution in [2.45, 2.75) is 19.3 Å². The van der Waals surface area contributed by atoms with Crippen LogP contribution >= 0.6 is 0 Å². The SMILES string of the molecule is COCCCN(C)CCNC(=NCC1CCOC1)NCCc1ccco1. The second-order valence-corrected chi connectivity index (χ2v) is 6.75. The molecule has 1 saturated heterocycles. The molecule has 2 heterocycles. The Morgan fingerprint density at radius 1 is 1.35 bits per heavy atom. The van der Waals surface area contributed by atoms with Crippen LogP contribution in [0.2, 0.25) is 0 Å². The van der Waals surface area contributed by atoms with Crippen LogP contribution in [0.3, 0.4) is 0 Å². The number of methoxy groups -OCH3 is 1. The quantitative estimate of drug-likeness (QED) is 0.331. The molecular formula is C19H34N4O3. The summed E-state index contributed by atoms with van der Waals surface area (Å²) >= 11 is 0. The summed E-state index contributed by atoms with van der Waals surface area (Å²) in [5.41, 5.74) is 0. The van der Waals surface area contributed by atoms with E-state index in [2.05, 4.69) is 22.6 Å². The van der Waals surface area contributed by atoms with Crippen LogP contribution in [-0.4, -0.2) is 77.6 Å². The van der Waals surface area contributed by atoms with Crippen molar-refractivity contribution in [3.63, 3.8) is 0 Å². The van der Waals surface area contributed by atoms with E-state index in [9.17, 15) is 0 Å². The fourth-order valence-electron chi connectivity index (χ4n) is 2.84. The van der Waals surface area contributed by atoms with Crippen LogP contribution in [0.4, 0.5) is 0 Å². The molecule has 7 nitrogen and oxygen atoms in total. The number of likely N-dealkylation sites (N-methyl/N-ethyl adjacent to an activating group) is 1. The molecule has 0 spiro atoms. The van der Waals surface area contributed by atoms with Crippen LogP contribution in [0, 0.1) is 5.92 Å². The normalized spacial score (nSPS) is 17.8. The summed E-state index contributed by atoms with van der Waals surface area (Å²) in [6, 6.07) is 3.92. The number of guanidine groups is 1. The Bertz CT molecular complexity index is 487. The molecule has 0 aromatic carbocycles. The van der Waals surface area contributed by atoms with E-state index in [4.69, 9.17) is 18.9 Å². The first-order valence-corrected chi connectivity index (χ1v) is 9.57. The monoisotopic (exact) mass is 366 g/mol. The smallest absolute Gasteiger partial charge is 0.191 e. The van der Waals surface area contributed by atoms with Gasteiger partial charge in [-0.25, -0.2) is 0 Å². The molecule has 1 aliphatic rings. The van der Waals surface area contributed by atoms with Crippen LogP contribution in [-0.2, 0) is 15.9 Å². The molecule has 148 valence electrons. The minimum atomic E-state index is 0.537. The number of rotatable bonds is 12. The third-order valence-electron chi connectivity index (χ3n) is 4.45. The average molecular weight is 367 g/mol. The summed E-state index contributed by atoms with van der Waals surface area (Å²) in [6.07, 6.45) is 4.71. The highest BCUT2D eigenvalue weighted by molar-refractivity contribution is 5.79. The van der Waals surface area contributed by atoms with Crippen molar-refractivity contribution in [3.05, 3.63) is 24.2 Å². The van der Waals surface area contributed by atoms with E-state index >= 15 is 0 Å². The third-order valence-corrected chi connectivity index (χ3v) is 4.45. The van der Waals surface area contributed by atoms with E-state index in [1.54, 1.807) is 13.4 Å². The van der Waals surface area contributed by atoms with Gasteiger partial charge in [0.25, 0.3) is 0 Å². The summed E-state index contributed by atoms with van der Waals surface area (Å²) in [5, 5.41) is 6.85. The lowest BCUT2D eigenvalue weighted by Crippen LogP contribution is -2.42. The van der Waals surface area contributed by atoms with E-state index < -0.39 is 0 Å². The first-order valence-electron chi connectivity index (χ1n) is 9.57. The summed E-state index contributed by atoms with van der Waals surface area (Å²) in [7, 11) is 3.88. The zero-order chi connectivity index (χ0) is 18.5. The van der Waals surface area contributed by atoms with Gasteiger partial charge in [0.1, 0.15) is 5.76 Å². The third kappa shape index (κ3) is 8.69. The number of nitrogens with zero attached hydrogens (tertiary/aromatic N) is 2. The maximum Gasteiger partial charge on any atom is 0.191 e. The Kier molecular flexibility index (Phi) is 10.2. The standard InChI is InChI=1S/C19H34N4O3/c1-23(10-4-12-24-2)11-9-21-19(22-15-17-7-14-25-16-17)20-8-6-18-5-3-13-26-18/h3,5,13,17H,4,6-12,14-16H2,1-2H3,(H2,20,21,22). The van der Waals surface area contributed by atoms with Crippen molar-refractivity contribution in [2.24, 2.45) is 10.9 Å². The fraction of sp³-hybridized carbons (Fsp3) is 0.737. The highest BCUT2D eigenvalue weighted by Gasteiger charge is 2.15. The number of aliphatic imine (C=N–C) groups is 1. The van der Waals surface area contributed by atoms with Crippen LogP contribution in [0.1, 0.15) is 18.6 Å². The van der Waals surface area contributed by atoms with E-state index in [1.807, 2.05) is 12.1 Å². The lowest BCUT2D eigenvalue weighted by molar-refractivity contribution is 0.180. The molecule has 0 amide bonds.